The first-order valence-electron chi connectivity index (χ1n) is 7.63. The van der Waals surface area contributed by atoms with Gasteiger partial charge in [0.05, 0.1) is 25.4 Å². The van der Waals surface area contributed by atoms with Crippen molar-refractivity contribution in [2.45, 2.75) is 0 Å². The molecular weight excluding hydrogens is 336 g/mol. The van der Waals surface area contributed by atoms with Crippen LogP contribution in [0.4, 0.5) is 0 Å². The minimum atomic E-state index is -1.34. The van der Waals surface area contributed by atoms with Gasteiger partial charge in [-0.3, -0.25) is 0 Å². The Morgan fingerprint density at radius 2 is 1.15 bits per heavy atom. The molecule has 0 aromatic heterocycles. The van der Waals surface area contributed by atoms with Gasteiger partial charge in [-0.15, -0.1) is 0 Å². The molecule has 26 heavy (non-hydrogen) atoms. The first kappa shape index (κ1) is 18.8. The molecule has 0 aliphatic heterocycles. The molecule has 0 spiro atoms. The van der Waals surface area contributed by atoms with Gasteiger partial charge in [0.25, 0.3) is 0 Å². The van der Waals surface area contributed by atoms with Crippen LogP contribution in [0.25, 0.3) is 12.2 Å². The van der Waals surface area contributed by atoms with E-state index in [0.717, 1.165) is 0 Å². The van der Waals surface area contributed by atoms with E-state index in [1.54, 1.807) is 48.5 Å². The van der Waals surface area contributed by atoms with Crippen LogP contribution in [-0.4, -0.2) is 36.4 Å². The fourth-order valence-corrected chi connectivity index (χ4v) is 2.31. The number of aliphatic carboxylic acids is 2. The largest absolute Gasteiger partial charge is 0.497 e. The van der Waals surface area contributed by atoms with Crippen molar-refractivity contribution < 1.29 is 29.3 Å². The summed E-state index contributed by atoms with van der Waals surface area (Å²) in [6.07, 6.45) is 2.59. The molecule has 0 atom stereocenters. The SMILES string of the molecule is COc1cccc(/C=C(C(=O)O)\C(=C/c2cccc(OC)c2)C(=O)O)c1. The lowest BCUT2D eigenvalue weighted by Crippen LogP contribution is -2.11. The fraction of sp³-hybridized carbons (Fsp3) is 0.100. The van der Waals surface area contributed by atoms with Gasteiger partial charge in [-0.2, -0.15) is 0 Å². The highest BCUT2D eigenvalue weighted by Gasteiger charge is 2.20. The molecule has 0 saturated carbocycles. The second kappa shape index (κ2) is 8.53. The summed E-state index contributed by atoms with van der Waals surface area (Å²) in [5.74, 6) is -1.61. The first-order chi connectivity index (χ1) is 12.4. The highest BCUT2D eigenvalue weighted by molar-refractivity contribution is 6.11. The molecule has 0 fully saturated rings. The van der Waals surface area contributed by atoms with Gasteiger partial charge in [-0.25, -0.2) is 9.59 Å². The lowest BCUT2D eigenvalue weighted by molar-refractivity contribution is -0.136. The molecule has 0 heterocycles. The molecule has 0 saturated heterocycles. The molecule has 2 aromatic rings. The van der Waals surface area contributed by atoms with Crippen LogP contribution in [0.2, 0.25) is 0 Å². The van der Waals surface area contributed by atoms with E-state index in [1.165, 1.54) is 26.4 Å². The molecule has 134 valence electrons. The molecule has 6 nitrogen and oxygen atoms in total. The predicted molar refractivity (Wildman–Crippen MR) is 97.2 cm³/mol. The summed E-state index contributed by atoms with van der Waals surface area (Å²) in [7, 11) is 2.98. The summed E-state index contributed by atoms with van der Waals surface area (Å²) in [4.78, 5) is 23.4. The Morgan fingerprint density at radius 3 is 1.46 bits per heavy atom. The zero-order valence-electron chi connectivity index (χ0n) is 14.3. The van der Waals surface area contributed by atoms with Gasteiger partial charge in [0, 0.05) is 0 Å². The van der Waals surface area contributed by atoms with E-state index in [1.807, 2.05) is 0 Å². The van der Waals surface area contributed by atoms with E-state index in [0.29, 0.717) is 22.6 Å². The number of hydrogen-bond acceptors (Lipinski definition) is 4. The standard InChI is InChI=1S/C20H18O6/c1-25-15-7-3-5-13(9-15)11-17(19(21)22)18(20(23)24)12-14-6-4-8-16(10-14)26-2/h3-12H,1-2H3,(H,21,22)(H,23,24)/b17-11+,18-12+. The maximum absolute atomic E-state index is 11.7. The molecule has 0 bridgehead atoms. The molecule has 0 aliphatic rings. The Hall–Kier alpha value is -3.54. The minimum absolute atomic E-state index is 0.339. The lowest BCUT2D eigenvalue weighted by atomic mass is 10.00. The number of methoxy groups -OCH3 is 2. The summed E-state index contributed by atoms with van der Waals surface area (Å²) < 4.78 is 10.2. The monoisotopic (exact) mass is 354 g/mol. The predicted octanol–water partition coefficient (Wildman–Crippen LogP) is 3.34. The van der Waals surface area contributed by atoms with Crippen LogP contribution in [0.1, 0.15) is 11.1 Å². The molecule has 2 rings (SSSR count). The first-order valence-corrected chi connectivity index (χ1v) is 7.63. The summed E-state index contributed by atoms with van der Waals surface area (Å²) in [5, 5.41) is 19.1. The van der Waals surface area contributed by atoms with E-state index in [9.17, 15) is 19.8 Å². The zero-order chi connectivity index (χ0) is 19.1. The topological polar surface area (TPSA) is 93.1 Å². The highest BCUT2D eigenvalue weighted by atomic mass is 16.5. The van der Waals surface area contributed by atoms with Crippen molar-refractivity contribution in [2.24, 2.45) is 0 Å². The second-order valence-corrected chi connectivity index (χ2v) is 5.28. The Bertz CT molecular complexity index is 806. The van der Waals surface area contributed by atoms with Crippen molar-refractivity contribution in [1.82, 2.24) is 0 Å². The number of benzene rings is 2. The van der Waals surface area contributed by atoms with Crippen molar-refractivity contribution in [2.75, 3.05) is 14.2 Å². The third-order valence-corrected chi connectivity index (χ3v) is 3.56. The number of hydrogen-bond donors (Lipinski definition) is 2. The Morgan fingerprint density at radius 1 is 0.769 bits per heavy atom. The van der Waals surface area contributed by atoms with E-state index < -0.39 is 11.9 Å². The second-order valence-electron chi connectivity index (χ2n) is 5.28. The third-order valence-electron chi connectivity index (χ3n) is 3.56. The summed E-state index contributed by atoms with van der Waals surface area (Å²) in [6.45, 7) is 0. The summed E-state index contributed by atoms with van der Waals surface area (Å²) >= 11 is 0. The van der Waals surface area contributed by atoms with Crippen LogP contribution in [0.15, 0.2) is 59.7 Å². The minimum Gasteiger partial charge on any atom is -0.497 e. The Labute approximate surface area is 150 Å². The van der Waals surface area contributed by atoms with E-state index in [-0.39, 0.29) is 11.1 Å². The average Bonchev–Trinajstić information content (AvgIpc) is 2.64. The van der Waals surface area contributed by atoms with Gasteiger partial charge < -0.3 is 19.7 Å². The molecular formula is C20H18O6. The molecule has 0 amide bonds. The fourth-order valence-electron chi connectivity index (χ4n) is 2.31. The van der Waals surface area contributed by atoms with Crippen molar-refractivity contribution >= 4 is 24.1 Å². The van der Waals surface area contributed by atoms with Crippen molar-refractivity contribution in [1.29, 1.82) is 0 Å². The number of rotatable bonds is 7. The molecule has 0 radical (unpaired) electrons. The number of carboxylic acids is 2. The van der Waals surface area contributed by atoms with Crippen LogP contribution in [0.3, 0.4) is 0 Å². The van der Waals surface area contributed by atoms with E-state index in [2.05, 4.69) is 0 Å². The van der Waals surface area contributed by atoms with Gasteiger partial charge in [0.1, 0.15) is 11.5 Å². The molecule has 6 heteroatoms. The van der Waals surface area contributed by atoms with Crippen LogP contribution < -0.4 is 9.47 Å². The maximum atomic E-state index is 11.7. The van der Waals surface area contributed by atoms with Crippen molar-refractivity contribution in [3.63, 3.8) is 0 Å². The van der Waals surface area contributed by atoms with Gasteiger partial charge in [0.15, 0.2) is 0 Å². The van der Waals surface area contributed by atoms with Gasteiger partial charge in [-0.1, -0.05) is 24.3 Å². The Balaban J connectivity index is 2.55. The van der Waals surface area contributed by atoms with Gasteiger partial charge >= 0.3 is 11.9 Å². The normalized spacial score (nSPS) is 11.8. The van der Waals surface area contributed by atoms with Crippen LogP contribution in [0, 0.1) is 0 Å². The summed E-state index contributed by atoms with van der Waals surface area (Å²) in [5.41, 5.74) is 0.348. The summed E-state index contributed by atoms with van der Waals surface area (Å²) in [6, 6.07) is 13.4. The number of carbonyl (C=O) groups is 2. The smallest absolute Gasteiger partial charge is 0.336 e. The van der Waals surface area contributed by atoms with E-state index >= 15 is 0 Å². The zero-order valence-corrected chi connectivity index (χ0v) is 14.3. The number of ether oxygens (including phenoxy) is 2. The van der Waals surface area contributed by atoms with Crippen LogP contribution >= 0.6 is 0 Å². The molecule has 0 aliphatic carbocycles. The maximum Gasteiger partial charge on any atom is 0.336 e. The Kier molecular flexibility index (Phi) is 6.16. The van der Waals surface area contributed by atoms with Gasteiger partial charge in [-0.05, 0) is 47.5 Å². The van der Waals surface area contributed by atoms with Crippen molar-refractivity contribution in [3.8, 4) is 11.5 Å². The molecule has 2 aromatic carbocycles. The number of carboxylic acid groups (broad SMARTS) is 2. The highest BCUT2D eigenvalue weighted by Crippen LogP contribution is 2.23. The molecule has 0 unspecified atom stereocenters. The van der Waals surface area contributed by atoms with Crippen LogP contribution in [0.5, 0.6) is 11.5 Å². The third kappa shape index (κ3) is 4.73. The molecule has 2 N–H and O–H groups in total. The average molecular weight is 354 g/mol. The van der Waals surface area contributed by atoms with Crippen LogP contribution in [-0.2, 0) is 9.59 Å². The van der Waals surface area contributed by atoms with E-state index in [4.69, 9.17) is 9.47 Å². The van der Waals surface area contributed by atoms with Gasteiger partial charge in [0.2, 0.25) is 0 Å². The van der Waals surface area contributed by atoms with Crippen molar-refractivity contribution in [3.05, 3.63) is 70.8 Å². The lowest BCUT2D eigenvalue weighted by Gasteiger charge is -2.07. The quantitative estimate of drug-likeness (QED) is 0.585.